The largest absolute Gasteiger partial charge is 0.480 e. The van der Waals surface area contributed by atoms with Crippen LogP contribution in [0.25, 0.3) is 0 Å². The Morgan fingerprint density at radius 1 is 1.32 bits per heavy atom. The minimum Gasteiger partial charge on any atom is -0.480 e. The van der Waals surface area contributed by atoms with Crippen LogP contribution in [-0.4, -0.2) is 77.0 Å². The number of urea groups is 1. The zero-order valence-electron chi connectivity index (χ0n) is 11.0. The van der Waals surface area contributed by atoms with Gasteiger partial charge in [0.15, 0.2) is 6.04 Å². The van der Waals surface area contributed by atoms with Crippen molar-refractivity contribution in [2.75, 3.05) is 32.8 Å². The summed E-state index contributed by atoms with van der Waals surface area (Å²) in [7, 11) is 0. The number of β-amino-alcohol motifs (C(OH)–C–C–N with tert-alkyl or cyclic N) is 1. The Morgan fingerprint density at radius 2 is 2.05 bits per heavy atom. The first-order chi connectivity index (χ1) is 9.00. The Kier molecular flexibility index (Phi) is 4.26. The second-order valence-corrected chi connectivity index (χ2v) is 5.18. The van der Waals surface area contributed by atoms with Crippen LogP contribution in [-0.2, 0) is 9.53 Å². The summed E-state index contributed by atoms with van der Waals surface area (Å²) in [5.74, 6) is -0.886. The van der Waals surface area contributed by atoms with Crippen LogP contribution in [0.2, 0.25) is 0 Å². The number of amides is 2. The fourth-order valence-electron chi connectivity index (χ4n) is 2.44. The molecule has 0 aromatic rings. The zero-order chi connectivity index (χ0) is 14.0. The third-order valence-electron chi connectivity index (χ3n) is 3.85. The number of hydrogen-bond acceptors (Lipinski definition) is 4. The van der Waals surface area contributed by atoms with Crippen LogP contribution < -0.4 is 0 Å². The van der Waals surface area contributed by atoms with Gasteiger partial charge in [-0.1, -0.05) is 6.92 Å². The fourth-order valence-corrected chi connectivity index (χ4v) is 2.44. The van der Waals surface area contributed by atoms with Gasteiger partial charge < -0.3 is 24.7 Å². The van der Waals surface area contributed by atoms with Crippen LogP contribution >= 0.6 is 0 Å². The number of ether oxygens (including phenoxy) is 1. The number of aliphatic carboxylic acids is 1. The van der Waals surface area contributed by atoms with E-state index >= 15 is 0 Å². The third-order valence-corrected chi connectivity index (χ3v) is 3.85. The summed E-state index contributed by atoms with van der Waals surface area (Å²) in [6.45, 7) is 3.42. The van der Waals surface area contributed by atoms with Gasteiger partial charge in [-0.3, -0.25) is 0 Å². The molecule has 0 radical (unpaired) electrons. The summed E-state index contributed by atoms with van der Waals surface area (Å²) in [5.41, 5.74) is 0. The van der Waals surface area contributed by atoms with Gasteiger partial charge in [0, 0.05) is 19.6 Å². The Morgan fingerprint density at radius 3 is 2.68 bits per heavy atom. The van der Waals surface area contributed by atoms with E-state index in [1.54, 1.807) is 0 Å². The lowest BCUT2D eigenvalue weighted by molar-refractivity contribution is -0.147. The van der Waals surface area contributed by atoms with Gasteiger partial charge in [0.05, 0.1) is 19.3 Å². The molecule has 2 heterocycles. The highest BCUT2D eigenvalue weighted by Gasteiger charge is 2.37. The van der Waals surface area contributed by atoms with Crippen LogP contribution in [0.4, 0.5) is 4.79 Å². The lowest BCUT2D eigenvalue weighted by atomic mass is 9.96. The maximum absolute atomic E-state index is 12.3. The normalized spacial score (nSPS) is 32.2. The number of carboxylic acid groups (broad SMARTS) is 1. The first kappa shape index (κ1) is 14.1. The molecule has 2 saturated heterocycles. The van der Waals surface area contributed by atoms with Crippen LogP contribution in [0.3, 0.4) is 0 Å². The van der Waals surface area contributed by atoms with Crippen molar-refractivity contribution in [1.29, 1.82) is 0 Å². The number of aliphatic hydroxyl groups excluding tert-OH is 1. The van der Waals surface area contributed by atoms with Crippen LogP contribution in [0.5, 0.6) is 0 Å². The molecule has 3 atom stereocenters. The van der Waals surface area contributed by atoms with Crippen LogP contribution in [0.1, 0.15) is 13.3 Å². The van der Waals surface area contributed by atoms with E-state index in [0.717, 1.165) is 6.42 Å². The summed E-state index contributed by atoms with van der Waals surface area (Å²) >= 11 is 0. The molecule has 19 heavy (non-hydrogen) atoms. The molecule has 0 saturated carbocycles. The third kappa shape index (κ3) is 2.98. The topological polar surface area (TPSA) is 90.3 Å². The molecule has 7 heteroatoms. The summed E-state index contributed by atoms with van der Waals surface area (Å²) < 4.78 is 5.11. The Labute approximate surface area is 111 Å². The van der Waals surface area contributed by atoms with E-state index in [2.05, 4.69) is 0 Å². The van der Waals surface area contributed by atoms with E-state index < -0.39 is 18.1 Å². The molecule has 0 spiro atoms. The second kappa shape index (κ2) is 5.75. The van der Waals surface area contributed by atoms with Gasteiger partial charge in [0.2, 0.25) is 0 Å². The minimum atomic E-state index is -1.06. The van der Waals surface area contributed by atoms with Crippen molar-refractivity contribution in [3.63, 3.8) is 0 Å². The van der Waals surface area contributed by atoms with Gasteiger partial charge in [-0.2, -0.15) is 0 Å². The van der Waals surface area contributed by atoms with E-state index in [1.807, 2.05) is 6.92 Å². The van der Waals surface area contributed by atoms with Gasteiger partial charge in [0.25, 0.3) is 0 Å². The standard InChI is InChI=1S/C12H20N2O5/c1-8-2-3-13(6-10(8)15)12(18)14-4-5-19-7-9(14)11(16)17/h8-10,15H,2-7H2,1H3,(H,16,17). The fraction of sp³-hybridized carbons (Fsp3) is 0.833. The van der Waals surface area contributed by atoms with Crippen molar-refractivity contribution in [1.82, 2.24) is 9.80 Å². The number of hydrogen-bond donors (Lipinski definition) is 2. The van der Waals surface area contributed by atoms with Gasteiger partial charge >= 0.3 is 12.0 Å². The maximum Gasteiger partial charge on any atom is 0.328 e. The lowest BCUT2D eigenvalue weighted by Crippen LogP contribution is -2.58. The van der Waals surface area contributed by atoms with Crippen molar-refractivity contribution in [2.24, 2.45) is 5.92 Å². The summed E-state index contributed by atoms with van der Waals surface area (Å²) in [5, 5.41) is 18.9. The minimum absolute atomic E-state index is 0.0217. The first-order valence-electron chi connectivity index (χ1n) is 6.55. The number of likely N-dealkylation sites (tertiary alicyclic amines) is 1. The first-order valence-corrected chi connectivity index (χ1v) is 6.55. The van der Waals surface area contributed by atoms with Crippen LogP contribution in [0, 0.1) is 5.92 Å². The number of morpholine rings is 1. The van der Waals surface area contributed by atoms with E-state index in [9.17, 15) is 14.7 Å². The quantitative estimate of drug-likeness (QED) is 0.677. The van der Waals surface area contributed by atoms with Crippen molar-refractivity contribution >= 4 is 12.0 Å². The van der Waals surface area contributed by atoms with Crippen molar-refractivity contribution in [3.05, 3.63) is 0 Å². The Balaban J connectivity index is 2.03. The number of aliphatic hydroxyl groups is 1. The number of carbonyl (C=O) groups excluding carboxylic acids is 1. The van der Waals surface area contributed by atoms with E-state index in [-0.39, 0.29) is 31.6 Å². The van der Waals surface area contributed by atoms with Crippen molar-refractivity contribution in [3.8, 4) is 0 Å². The molecule has 3 unspecified atom stereocenters. The van der Waals surface area contributed by atoms with Crippen LogP contribution in [0.15, 0.2) is 0 Å². The average Bonchev–Trinajstić information content (AvgIpc) is 2.41. The Bertz CT molecular complexity index is 362. The monoisotopic (exact) mass is 272 g/mol. The molecule has 2 amide bonds. The number of piperidine rings is 1. The van der Waals surface area contributed by atoms with E-state index in [4.69, 9.17) is 9.84 Å². The Hall–Kier alpha value is -1.34. The summed E-state index contributed by atoms with van der Waals surface area (Å²) in [6, 6.07) is -1.25. The summed E-state index contributed by atoms with van der Waals surface area (Å²) in [6.07, 6.45) is 0.191. The second-order valence-electron chi connectivity index (χ2n) is 5.18. The number of carboxylic acids is 1. The van der Waals surface area contributed by atoms with Gasteiger partial charge in [-0.15, -0.1) is 0 Å². The predicted molar refractivity (Wildman–Crippen MR) is 65.7 cm³/mol. The molecule has 7 nitrogen and oxygen atoms in total. The molecule has 0 aromatic carbocycles. The molecule has 0 aliphatic carbocycles. The summed E-state index contributed by atoms with van der Waals surface area (Å²) in [4.78, 5) is 26.3. The predicted octanol–water partition coefficient (Wildman–Crippen LogP) is -0.405. The molecule has 108 valence electrons. The van der Waals surface area contributed by atoms with Gasteiger partial charge in [-0.05, 0) is 12.3 Å². The molecule has 2 aliphatic heterocycles. The highest BCUT2D eigenvalue weighted by Crippen LogP contribution is 2.19. The van der Waals surface area contributed by atoms with Crippen molar-refractivity contribution < 1.29 is 24.5 Å². The number of nitrogens with zero attached hydrogens (tertiary/aromatic N) is 2. The molecule has 0 bridgehead atoms. The van der Waals surface area contributed by atoms with E-state index in [0.29, 0.717) is 13.2 Å². The molecule has 2 rings (SSSR count). The molecule has 2 N–H and O–H groups in total. The van der Waals surface area contributed by atoms with Crippen molar-refractivity contribution in [2.45, 2.75) is 25.5 Å². The van der Waals surface area contributed by atoms with Gasteiger partial charge in [0.1, 0.15) is 0 Å². The number of rotatable bonds is 1. The smallest absolute Gasteiger partial charge is 0.328 e. The van der Waals surface area contributed by atoms with E-state index in [1.165, 1.54) is 9.80 Å². The van der Waals surface area contributed by atoms with Gasteiger partial charge in [-0.25, -0.2) is 9.59 Å². The molecule has 2 fully saturated rings. The lowest BCUT2D eigenvalue weighted by Gasteiger charge is -2.40. The molecular formula is C12H20N2O5. The SMILES string of the molecule is CC1CCN(C(=O)N2CCOCC2C(=O)O)CC1O. The number of carbonyl (C=O) groups is 2. The highest BCUT2D eigenvalue weighted by molar-refractivity contribution is 5.83. The highest BCUT2D eigenvalue weighted by atomic mass is 16.5. The maximum atomic E-state index is 12.3. The average molecular weight is 272 g/mol. The molecule has 0 aromatic heterocycles. The zero-order valence-corrected chi connectivity index (χ0v) is 11.0. The molecular weight excluding hydrogens is 252 g/mol. The molecule has 2 aliphatic rings.